The number of nitrogens with one attached hydrogen (secondary N) is 1. The number of ether oxygens (including phenoxy) is 2. The first-order valence-electron chi connectivity index (χ1n) is 8.36. The van der Waals surface area contributed by atoms with Crippen molar-refractivity contribution in [3.63, 3.8) is 0 Å². The number of rotatable bonds is 6. The zero-order chi connectivity index (χ0) is 17.8. The Morgan fingerprint density at radius 2 is 2.28 bits per heavy atom. The van der Waals surface area contributed by atoms with Crippen molar-refractivity contribution in [3.05, 3.63) is 42.2 Å². The topological polar surface area (TPSA) is 85.6 Å². The number of aliphatic hydroxyl groups is 1. The molecular weight excluding hydrogens is 322 g/mol. The van der Waals surface area contributed by atoms with E-state index in [2.05, 4.69) is 10.4 Å². The molecule has 1 aliphatic heterocycles. The zero-order valence-corrected chi connectivity index (χ0v) is 14.4. The van der Waals surface area contributed by atoms with Gasteiger partial charge in [0.1, 0.15) is 17.5 Å². The fraction of sp³-hybridized carbons (Fsp3) is 0.444. The number of carbonyl (C=O) groups is 1. The molecule has 0 spiro atoms. The van der Waals surface area contributed by atoms with Crippen LogP contribution in [0.3, 0.4) is 0 Å². The van der Waals surface area contributed by atoms with E-state index < -0.39 is 6.10 Å². The molecule has 134 valence electrons. The molecule has 0 radical (unpaired) electrons. The molecule has 0 aliphatic carbocycles. The van der Waals surface area contributed by atoms with Crippen LogP contribution in [0.2, 0.25) is 0 Å². The van der Waals surface area contributed by atoms with E-state index in [-0.39, 0.29) is 24.5 Å². The number of benzene rings is 1. The lowest BCUT2D eigenvalue weighted by atomic mass is 9.97. The van der Waals surface area contributed by atoms with Gasteiger partial charge in [0.25, 0.3) is 0 Å². The van der Waals surface area contributed by atoms with Gasteiger partial charge in [-0.15, -0.1) is 0 Å². The number of methoxy groups -OCH3 is 1. The molecule has 0 bridgehead atoms. The molecule has 1 amide bonds. The highest BCUT2D eigenvalue weighted by atomic mass is 16.5. The van der Waals surface area contributed by atoms with Crippen LogP contribution in [0.15, 0.2) is 36.5 Å². The molecule has 1 aromatic heterocycles. The van der Waals surface area contributed by atoms with E-state index in [0.717, 1.165) is 11.4 Å². The Morgan fingerprint density at radius 1 is 1.48 bits per heavy atom. The predicted molar refractivity (Wildman–Crippen MR) is 91.6 cm³/mol. The van der Waals surface area contributed by atoms with Crippen molar-refractivity contribution in [2.45, 2.75) is 25.5 Å². The summed E-state index contributed by atoms with van der Waals surface area (Å²) in [6, 6.07) is 9.15. The molecule has 1 saturated heterocycles. The summed E-state index contributed by atoms with van der Waals surface area (Å²) in [7, 11) is 1.61. The minimum Gasteiger partial charge on any atom is -0.494 e. The van der Waals surface area contributed by atoms with Gasteiger partial charge in [0.15, 0.2) is 0 Å². The lowest BCUT2D eigenvalue weighted by molar-refractivity contribution is -0.127. The van der Waals surface area contributed by atoms with Crippen LogP contribution in [0.25, 0.3) is 5.69 Å². The molecule has 1 fully saturated rings. The summed E-state index contributed by atoms with van der Waals surface area (Å²) in [5, 5.41) is 16.4. The summed E-state index contributed by atoms with van der Waals surface area (Å²) in [5.41, 5.74) is 1.60. The molecule has 2 N–H and O–H groups in total. The normalized spacial score (nSPS) is 21.1. The van der Waals surface area contributed by atoms with Gasteiger partial charge in [-0.3, -0.25) is 4.79 Å². The second kappa shape index (κ2) is 7.67. The standard InChI is InChI=1S/C18H23N3O4/c1-12(11-22)20-18(23)13-8-10-25-17(13)15-7-9-19-21(15)14-5-3-4-6-16(14)24-2/h3-7,9,12-13,17,22H,8,10-11H2,1-2H3,(H,20,23)/t12-,13-,17-/m0/s1. The largest absolute Gasteiger partial charge is 0.494 e. The lowest BCUT2D eigenvalue weighted by Gasteiger charge is -2.21. The van der Waals surface area contributed by atoms with Crippen LogP contribution in [0.1, 0.15) is 25.1 Å². The van der Waals surface area contributed by atoms with Gasteiger partial charge in [-0.1, -0.05) is 12.1 Å². The molecule has 2 aromatic rings. The average molecular weight is 345 g/mol. The van der Waals surface area contributed by atoms with Crippen LogP contribution in [-0.4, -0.2) is 47.2 Å². The van der Waals surface area contributed by atoms with Gasteiger partial charge >= 0.3 is 0 Å². The number of aromatic nitrogens is 2. The van der Waals surface area contributed by atoms with Crippen LogP contribution < -0.4 is 10.1 Å². The van der Waals surface area contributed by atoms with Gasteiger partial charge in [-0.2, -0.15) is 5.10 Å². The predicted octanol–water partition coefficient (Wildman–Crippen LogP) is 1.46. The molecular formula is C18H23N3O4. The Bertz CT molecular complexity index is 731. The molecule has 1 aromatic carbocycles. The fourth-order valence-electron chi connectivity index (χ4n) is 3.08. The van der Waals surface area contributed by atoms with Crippen molar-refractivity contribution in [3.8, 4) is 11.4 Å². The molecule has 1 aliphatic rings. The number of hydrogen-bond acceptors (Lipinski definition) is 5. The van der Waals surface area contributed by atoms with E-state index in [4.69, 9.17) is 14.6 Å². The molecule has 7 heteroatoms. The van der Waals surface area contributed by atoms with E-state index in [1.807, 2.05) is 30.3 Å². The van der Waals surface area contributed by atoms with Crippen molar-refractivity contribution in [2.24, 2.45) is 5.92 Å². The second-order valence-electron chi connectivity index (χ2n) is 6.12. The maximum atomic E-state index is 12.5. The first kappa shape index (κ1) is 17.4. The van der Waals surface area contributed by atoms with Crippen LogP contribution in [-0.2, 0) is 9.53 Å². The van der Waals surface area contributed by atoms with Gasteiger partial charge in [0, 0.05) is 18.8 Å². The molecule has 2 heterocycles. The molecule has 0 saturated carbocycles. The number of aliphatic hydroxyl groups excluding tert-OH is 1. The van der Waals surface area contributed by atoms with Gasteiger partial charge in [0.05, 0.1) is 25.3 Å². The third-order valence-corrected chi connectivity index (χ3v) is 4.37. The first-order chi connectivity index (χ1) is 12.2. The smallest absolute Gasteiger partial charge is 0.226 e. The highest BCUT2D eigenvalue weighted by molar-refractivity contribution is 5.80. The Kier molecular flexibility index (Phi) is 5.35. The SMILES string of the molecule is COc1ccccc1-n1nccc1[C@H]1OCC[C@@H]1C(=O)N[C@@H](C)CO. The van der Waals surface area contributed by atoms with Gasteiger partial charge < -0.3 is 19.9 Å². The number of para-hydroxylation sites is 2. The zero-order valence-electron chi connectivity index (χ0n) is 14.4. The fourth-order valence-corrected chi connectivity index (χ4v) is 3.08. The highest BCUT2D eigenvalue weighted by Crippen LogP contribution is 2.36. The summed E-state index contributed by atoms with van der Waals surface area (Å²) in [4.78, 5) is 12.5. The minimum absolute atomic E-state index is 0.0941. The van der Waals surface area contributed by atoms with Crippen molar-refractivity contribution in [2.75, 3.05) is 20.3 Å². The molecule has 0 unspecified atom stereocenters. The molecule has 3 atom stereocenters. The maximum Gasteiger partial charge on any atom is 0.226 e. The minimum atomic E-state index is -0.390. The summed E-state index contributed by atoms with van der Waals surface area (Å²) in [6.45, 7) is 2.18. The van der Waals surface area contributed by atoms with Crippen molar-refractivity contribution < 1.29 is 19.4 Å². The third-order valence-electron chi connectivity index (χ3n) is 4.37. The molecule has 3 rings (SSSR count). The Morgan fingerprint density at radius 3 is 3.04 bits per heavy atom. The van der Waals surface area contributed by atoms with Crippen LogP contribution >= 0.6 is 0 Å². The van der Waals surface area contributed by atoms with Gasteiger partial charge in [-0.05, 0) is 31.5 Å². The number of amides is 1. The summed E-state index contributed by atoms with van der Waals surface area (Å²) in [6.07, 6.45) is 1.93. The summed E-state index contributed by atoms with van der Waals surface area (Å²) >= 11 is 0. The van der Waals surface area contributed by atoms with E-state index in [9.17, 15) is 4.79 Å². The number of carbonyl (C=O) groups excluding carboxylic acids is 1. The quantitative estimate of drug-likeness (QED) is 0.828. The van der Waals surface area contributed by atoms with E-state index >= 15 is 0 Å². The molecule has 7 nitrogen and oxygen atoms in total. The van der Waals surface area contributed by atoms with Gasteiger partial charge in [0.2, 0.25) is 5.91 Å². The van der Waals surface area contributed by atoms with Crippen molar-refractivity contribution in [1.29, 1.82) is 0 Å². The Hall–Kier alpha value is -2.38. The number of nitrogens with zero attached hydrogens (tertiary/aromatic N) is 2. The number of hydrogen-bond donors (Lipinski definition) is 2. The lowest BCUT2D eigenvalue weighted by Crippen LogP contribution is -2.40. The third kappa shape index (κ3) is 3.52. The van der Waals surface area contributed by atoms with Crippen LogP contribution in [0, 0.1) is 5.92 Å². The van der Waals surface area contributed by atoms with Crippen molar-refractivity contribution >= 4 is 5.91 Å². The Balaban J connectivity index is 1.90. The summed E-state index contributed by atoms with van der Waals surface area (Å²) in [5.74, 6) is 0.260. The first-order valence-corrected chi connectivity index (χ1v) is 8.36. The van der Waals surface area contributed by atoms with Crippen LogP contribution in [0.5, 0.6) is 5.75 Å². The van der Waals surface area contributed by atoms with Gasteiger partial charge in [-0.25, -0.2) is 4.68 Å². The van der Waals surface area contributed by atoms with E-state index in [1.54, 1.807) is 24.9 Å². The van der Waals surface area contributed by atoms with Crippen molar-refractivity contribution in [1.82, 2.24) is 15.1 Å². The molecule has 25 heavy (non-hydrogen) atoms. The Labute approximate surface area is 146 Å². The van der Waals surface area contributed by atoms with Crippen LogP contribution in [0.4, 0.5) is 0 Å². The van der Waals surface area contributed by atoms with E-state index in [1.165, 1.54) is 0 Å². The highest BCUT2D eigenvalue weighted by Gasteiger charge is 2.37. The summed E-state index contributed by atoms with van der Waals surface area (Å²) < 4.78 is 13.0. The second-order valence-corrected chi connectivity index (χ2v) is 6.12. The maximum absolute atomic E-state index is 12.5. The monoisotopic (exact) mass is 345 g/mol. The van der Waals surface area contributed by atoms with E-state index in [0.29, 0.717) is 18.8 Å². The average Bonchev–Trinajstić information content (AvgIpc) is 3.30.